The average Bonchev–Trinajstić information content (AvgIpc) is 2.77. The molecule has 1 N–H and O–H groups in total. The number of esters is 2. The monoisotopic (exact) mass is 424 g/mol. The number of aliphatic carboxylic acids is 1. The zero-order chi connectivity index (χ0) is 22.8. The van der Waals surface area contributed by atoms with Crippen molar-refractivity contribution in [1.82, 2.24) is 0 Å². The third kappa shape index (κ3) is 7.48. The number of carboxylic acid groups (broad SMARTS) is 1. The summed E-state index contributed by atoms with van der Waals surface area (Å²) in [6, 6.07) is 15.3. The molecule has 0 saturated heterocycles. The third-order valence-electron chi connectivity index (χ3n) is 5.09. The van der Waals surface area contributed by atoms with E-state index in [4.69, 9.17) is 4.74 Å². The van der Waals surface area contributed by atoms with E-state index in [1.54, 1.807) is 42.5 Å². The molecule has 164 valence electrons. The van der Waals surface area contributed by atoms with E-state index in [-0.39, 0.29) is 17.8 Å². The molecule has 6 heteroatoms. The first kappa shape index (κ1) is 24.0. The molecular formula is C25H28O6. The zero-order valence-electron chi connectivity index (χ0n) is 17.9. The van der Waals surface area contributed by atoms with Gasteiger partial charge in [0.15, 0.2) is 5.78 Å². The summed E-state index contributed by atoms with van der Waals surface area (Å²) in [4.78, 5) is 48.7. The topological polar surface area (TPSA) is 97.7 Å². The highest BCUT2D eigenvalue weighted by molar-refractivity contribution is 6.00. The summed E-state index contributed by atoms with van der Waals surface area (Å²) in [5.41, 5.74) is 1.76. The highest BCUT2D eigenvalue weighted by Gasteiger charge is 2.29. The predicted molar refractivity (Wildman–Crippen MR) is 116 cm³/mol. The molecule has 0 aliphatic heterocycles. The number of Topliss-reactive ketones (excluding diaryl/α,β-unsaturated/α-hetero) is 1. The van der Waals surface area contributed by atoms with Crippen LogP contribution in [-0.4, -0.2) is 28.8 Å². The van der Waals surface area contributed by atoms with Gasteiger partial charge in [-0.3, -0.25) is 14.4 Å². The van der Waals surface area contributed by atoms with Crippen LogP contribution in [0.3, 0.4) is 0 Å². The van der Waals surface area contributed by atoms with Crippen molar-refractivity contribution in [2.45, 2.75) is 46.0 Å². The van der Waals surface area contributed by atoms with E-state index in [1.807, 2.05) is 12.1 Å². The molecule has 2 atom stereocenters. The zero-order valence-corrected chi connectivity index (χ0v) is 17.9. The highest BCUT2D eigenvalue weighted by Crippen LogP contribution is 2.22. The van der Waals surface area contributed by atoms with Crippen LogP contribution in [0.2, 0.25) is 0 Å². The van der Waals surface area contributed by atoms with Gasteiger partial charge in [-0.05, 0) is 37.0 Å². The van der Waals surface area contributed by atoms with Gasteiger partial charge >= 0.3 is 17.9 Å². The van der Waals surface area contributed by atoms with Crippen molar-refractivity contribution >= 4 is 23.7 Å². The van der Waals surface area contributed by atoms with Crippen LogP contribution in [0.25, 0.3) is 0 Å². The van der Waals surface area contributed by atoms with E-state index in [0.29, 0.717) is 5.56 Å². The molecule has 0 aliphatic rings. The Morgan fingerprint density at radius 2 is 1.58 bits per heavy atom. The Morgan fingerprint density at radius 3 is 2.16 bits per heavy atom. The van der Waals surface area contributed by atoms with Gasteiger partial charge in [0.05, 0.1) is 17.9 Å². The van der Waals surface area contributed by atoms with Gasteiger partial charge in [0.25, 0.3) is 0 Å². The van der Waals surface area contributed by atoms with Gasteiger partial charge in [-0.15, -0.1) is 0 Å². The number of carbonyl (C=O) groups is 4. The van der Waals surface area contributed by atoms with E-state index in [2.05, 4.69) is 6.92 Å². The minimum Gasteiger partial charge on any atom is -0.481 e. The number of hydrogen-bond acceptors (Lipinski definition) is 5. The van der Waals surface area contributed by atoms with Crippen LogP contribution in [0.4, 0.5) is 0 Å². The number of hydrogen-bond donors (Lipinski definition) is 1. The molecule has 6 nitrogen and oxygen atoms in total. The van der Waals surface area contributed by atoms with Gasteiger partial charge in [0, 0.05) is 11.5 Å². The van der Waals surface area contributed by atoms with Crippen molar-refractivity contribution in [2.24, 2.45) is 11.8 Å². The van der Waals surface area contributed by atoms with Crippen LogP contribution < -0.4 is 0 Å². The number of carboxylic acids is 1. The second kappa shape index (κ2) is 11.8. The average molecular weight is 424 g/mol. The van der Waals surface area contributed by atoms with E-state index >= 15 is 0 Å². The van der Waals surface area contributed by atoms with Crippen LogP contribution in [0.1, 0.15) is 65.8 Å². The van der Waals surface area contributed by atoms with E-state index in [9.17, 15) is 24.3 Å². The van der Waals surface area contributed by atoms with Crippen molar-refractivity contribution < 1.29 is 29.0 Å². The van der Waals surface area contributed by atoms with Crippen molar-refractivity contribution in [3.05, 3.63) is 71.3 Å². The first-order valence-electron chi connectivity index (χ1n) is 10.5. The summed E-state index contributed by atoms with van der Waals surface area (Å²) in [6.45, 7) is 3.63. The molecule has 0 fully saturated rings. The molecule has 31 heavy (non-hydrogen) atoms. The van der Waals surface area contributed by atoms with E-state index < -0.39 is 36.2 Å². The van der Waals surface area contributed by atoms with Crippen LogP contribution in [0, 0.1) is 11.8 Å². The molecule has 0 saturated carbocycles. The maximum atomic E-state index is 12.7. The first-order chi connectivity index (χ1) is 14.8. The van der Waals surface area contributed by atoms with E-state index in [0.717, 1.165) is 24.8 Å². The van der Waals surface area contributed by atoms with Gasteiger partial charge < -0.3 is 9.84 Å². The fraction of sp³-hybridized carbons (Fsp3) is 0.360. The summed E-state index contributed by atoms with van der Waals surface area (Å²) in [5.74, 6) is -4.73. The molecule has 0 radical (unpaired) electrons. The molecule has 0 aliphatic carbocycles. The number of ketones is 1. The lowest BCUT2D eigenvalue weighted by molar-refractivity contribution is -0.143. The van der Waals surface area contributed by atoms with Crippen LogP contribution in [0.15, 0.2) is 54.6 Å². The molecule has 2 unspecified atom stereocenters. The number of aryl methyl sites for hydroxylation is 1. The smallest absolute Gasteiger partial charge is 0.345 e. The summed E-state index contributed by atoms with van der Waals surface area (Å²) >= 11 is 0. The van der Waals surface area contributed by atoms with Crippen LogP contribution in [0.5, 0.6) is 0 Å². The lowest BCUT2D eigenvalue weighted by Gasteiger charge is -2.17. The fourth-order valence-corrected chi connectivity index (χ4v) is 3.29. The summed E-state index contributed by atoms with van der Waals surface area (Å²) in [7, 11) is 0. The Hall–Kier alpha value is -3.28. The van der Waals surface area contributed by atoms with Crippen molar-refractivity contribution in [3.63, 3.8) is 0 Å². The molecule has 0 aromatic heterocycles. The summed E-state index contributed by atoms with van der Waals surface area (Å²) < 4.78 is 4.97. The van der Waals surface area contributed by atoms with Gasteiger partial charge in [-0.2, -0.15) is 0 Å². The predicted octanol–water partition coefficient (Wildman–Crippen LogP) is 4.71. The largest absolute Gasteiger partial charge is 0.481 e. The molecule has 0 heterocycles. The minimum atomic E-state index is -1.13. The van der Waals surface area contributed by atoms with Crippen LogP contribution >= 0.6 is 0 Å². The second-order valence-electron chi connectivity index (χ2n) is 7.67. The van der Waals surface area contributed by atoms with Gasteiger partial charge in [-0.1, -0.05) is 62.7 Å². The maximum absolute atomic E-state index is 12.7. The summed E-state index contributed by atoms with van der Waals surface area (Å²) in [6.07, 6.45) is 2.62. The lowest BCUT2D eigenvalue weighted by atomic mass is 9.86. The Balaban J connectivity index is 2.00. The SMILES string of the molecule is CCCCc1ccc(C(=O)OC(=O)C(C)CC(CC(=O)O)C(=O)c2ccccc2)cc1. The third-order valence-corrected chi connectivity index (χ3v) is 5.09. The fourth-order valence-electron chi connectivity index (χ4n) is 3.29. The first-order valence-corrected chi connectivity index (χ1v) is 10.5. The standard InChI is InChI=1S/C25H28O6/c1-3-4-8-18-11-13-20(14-12-18)25(30)31-24(29)17(2)15-21(16-22(26)27)23(28)19-9-6-5-7-10-19/h5-7,9-14,17,21H,3-4,8,15-16H2,1-2H3,(H,26,27). The Labute approximate surface area is 182 Å². The molecular weight excluding hydrogens is 396 g/mol. The minimum absolute atomic E-state index is 0.0257. The number of carbonyl (C=O) groups excluding carboxylic acids is 3. The molecule has 2 aromatic carbocycles. The number of unbranched alkanes of at least 4 members (excludes halogenated alkanes) is 1. The van der Waals surface area contributed by atoms with Crippen molar-refractivity contribution in [3.8, 4) is 0 Å². The summed E-state index contributed by atoms with van der Waals surface area (Å²) in [5, 5.41) is 9.18. The van der Waals surface area contributed by atoms with Crippen molar-refractivity contribution in [2.75, 3.05) is 0 Å². The Bertz CT molecular complexity index is 901. The number of rotatable bonds is 11. The number of benzene rings is 2. The molecule has 2 rings (SSSR count). The van der Waals surface area contributed by atoms with E-state index in [1.165, 1.54) is 6.92 Å². The molecule has 0 spiro atoms. The van der Waals surface area contributed by atoms with Gasteiger partial charge in [0.2, 0.25) is 0 Å². The number of ether oxygens (including phenoxy) is 1. The van der Waals surface area contributed by atoms with Gasteiger partial charge in [0.1, 0.15) is 0 Å². The Kier molecular flexibility index (Phi) is 9.13. The molecule has 0 bridgehead atoms. The Morgan fingerprint density at radius 1 is 0.935 bits per heavy atom. The highest BCUT2D eigenvalue weighted by atomic mass is 16.6. The second-order valence-corrected chi connectivity index (χ2v) is 7.67. The molecule has 0 amide bonds. The molecule has 2 aromatic rings. The normalized spacial score (nSPS) is 12.6. The lowest BCUT2D eigenvalue weighted by Crippen LogP contribution is -2.26. The van der Waals surface area contributed by atoms with Gasteiger partial charge in [-0.25, -0.2) is 4.79 Å². The van der Waals surface area contributed by atoms with Crippen LogP contribution in [-0.2, 0) is 20.7 Å². The van der Waals surface area contributed by atoms with Crippen molar-refractivity contribution in [1.29, 1.82) is 0 Å². The quantitative estimate of drug-likeness (QED) is 0.319. The maximum Gasteiger partial charge on any atom is 0.345 e.